The van der Waals surface area contributed by atoms with Crippen LogP contribution in [0.2, 0.25) is 0 Å². The molecule has 1 aromatic heterocycles. The first kappa shape index (κ1) is 9.25. The maximum absolute atomic E-state index is 12.0. The summed E-state index contributed by atoms with van der Waals surface area (Å²) in [5, 5.41) is 0. The van der Waals surface area contributed by atoms with E-state index in [4.69, 9.17) is 4.42 Å². The van der Waals surface area contributed by atoms with E-state index in [0.29, 0.717) is 0 Å². The summed E-state index contributed by atoms with van der Waals surface area (Å²) < 4.78 is 5.13. The summed E-state index contributed by atoms with van der Waals surface area (Å²) in [6.45, 7) is 1.83. The lowest BCUT2D eigenvalue weighted by atomic mass is 9.93. The van der Waals surface area contributed by atoms with E-state index in [1.54, 1.807) is 12.3 Å². The molecule has 0 fully saturated rings. The first-order valence-electron chi connectivity index (χ1n) is 5.07. The standard InChI is InChI=1S/C12H14O2/c1-9-11(7-8-14-9)12(13)10-5-3-2-4-6-10/h5,7-8H,2-4,6H2,1H3. The predicted molar refractivity (Wildman–Crippen MR) is 54.3 cm³/mol. The van der Waals surface area contributed by atoms with Crippen molar-refractivity contribution in [1.29, 1.82) is 0 Å². The Hall–Kier alpha value is -1.31. The molecule has 0 aromatic carbocycles. The molecule has 2 rings (SSSR count). The van der Waals surface area contributed by atoms with Crippen molar-refractivity contribution in [3.63, 3.8) is 0 Å². The Kier molecular flexibility index (Phi) is 2.53. The third-order valence-electron chi connectivity index (χ3n) is 2.69. The van der Waals surface area contributed by atoms with Gasteiger partial charge in [-0.2, -0.15) is 0 Å². The molecular formula is C12H14O2. The van der Waals surface area contributed by atoms with E-state index in [2.05, 4.69) is 6.08 Å². The summed E-state index contributed by atoms with van der Waals surface area (Å²) >= 11 is 0. The fourth-order valence-electron chi connectivity index (χ4n) is 1.84. The average Bonchev–Trinajstić information content (AvgIpc) is 2.65. The molecule has 1 aliphatic carbocycles. The first-order valence-corrected chi connectivity index (χ1v) is 5.07. The second-order valence-corrected chi connectivity index (χ2v) is 3.69. The molecule has 1 aliphatic rings. The zero-order valence-electron chi connectivity index (χ0n) is 8.38. The van der Waals surface area contributed by atoms with Crippen LogP contribution >= 0.6 is 0 Å². The SMILES string of the molecule is Cc1occc1C(=O)C1=CCCCC1. The number of furan rings is 1. The van der Waals surface area contributed by atoms with Crippen LogP contribution in [0.5, 0.6) is 0 Å². The van der Waals surface area contributed by atoms with Gasteiger partial charge in [-0.1, -0.05) is 6.08 Å². The number of rotatable bonds is 2. The van der Waals surface area contributed by atoms with Crippen molar-refractivity contribution in [2.75, 3.05) is 0 Å². The molecule has 0 spiro atoms. The van der Waals surface area contributed by atoms with Crippen LogP contribution in [0.25, 0.3) is 0 Å². The molecule has 0 bridgehead atoms. The fraction of sp³-hybridized carbons (Fsp3) is 0.417. The third kappa shape index (κ3) is 1.65. The second-order valence-electron chi connectivity index (χ2n) is 3.69. The monoisotopic (exact) mass is 190 g/mol. The van der Waals surface area contributed by atoms with Gasteiger partial charge in [0.15, 0.2) is 5.78 Å². The van der Waals surface area contributed by atoms with Crippen molar-refractivity contribution in [2.24, 2.45) is 0 Å². The highest BCUT2D eigenvalue weighted by molar-refractivity contribution is 6.09. The van der Waals surface area contributed by atoms with E-state index in [1.807, 2.05) is 6.92 Å². The molecule has 0 radical (unpaired) electrons. The topological polar surface area (TPSA) is 30.2 Å². The number of hydrogen-bond acceptors (Lipinski definition) is 2. The average molecular weight is 190 g/mol. The molecule has 1 heterocycles. The maximum Gasteiger partial charge on any atom is 0.192 e. The van der Waals surface area contributed by atoms with Gasteiger partial charge in [0.05, 0.1) is 11.8 Å². The lowest BCUT2D eigenvalue weighted by Gasteiger charge is -2.10. The molecule has 0 atom stereocenters. The number of Topliss-reactive ketones (excluding diaryl/α,β-unsaturated/α-hetero) is 1. The minimum absolute atomic E-state index is 0.149. The van der Waals surface area contributed by atoms with Gasteiger partial charge in [-0.05, 0) is 44.2 Å². The Balaban J connectivity index is 2.23. The Labute approximate surface area is 83.6 Å². The molecule has 0 saturated carbocycles. The Morgan fingerprint density at radius 1 is 1.43 bits per heavy atom. The van der Waals surface area contributed by atoms with E-state index in [1.165, 1.54) is 6.42 Å². The number of aryl methyl sites for hydroxylation is 1. The molecule has 14 heavy (non-hydrogen) atoms. The summed E-state index contributed by atoms with van der Waals surface area (Å²) in [5.41, 5.74) is 1.68. The number of ketones is 1. The van der Waals surface area contributed by atoms with Gasteiger partial charge in [-0.3, -0.25) is 4.79 Å². The minimum atomic E-state index is 0.149. The van der Waals surface area contributed by atoms with Gasteiger partial charge in [0.1, 0.15) is 5.76 Å². The fourth-order valence-corrected chi connectivity index (χ4v) is 1.84. The highest BCUT2D eigenvalue weighted by Crippen LogP contribution is 2.22. The lowest BCUT2D eigenvalue weighted by Crippen LogP contribution is -2.06. The zero-order valence-corrected chi connectivity index (χ0v) is 8.38. The van der Waals surface area contributed by atoms with Crippen LogP contribution in [-0.2, 0) is 0 Å². The van der Waals surface area contributed by atoms with Crippen molar-refractivity contribution < 1.29 is 9.21 Å². The van der Waals surface area contributed by atoms with Gasteiger partial charge in [-0.15, -0.1) is 0 Å². The largest absolute Gasteiger partial charge is 0.469 e. The highest BCUT2D eigenvalue weighted by Gasteiger charge is 2.17. The first-order chi connectivity index (χ1) is 6.79. The molecule has 2 heteroatoms. The number of hydrogen-bond donors (Lipinski definition) is 0. The summed E-state index contributed by atoms with van der Waals surface area (Å²) in [4.78, 5) is 12.0. The zero-order chi connectivity index (χ0) is 9.97. The molecule has 0 amide bonds. The van der Waals surface area contributed by atoms with Gasteiger partial charge in [0.2, 0.25) is 0 Å². The Bertz CT molecular complexity index is 371. The van der Waals surface area contributed by atoms with Crippen LogP contribution in [0.3, 0.4) is 0 Å². The predicted octanol–water partition coefficient (Wildman–Crippen LogP) is 3.27. The Morgan fingerprint density at radius 3 is 2.86 bits per heavy atom. The van der Waals surface area contributed by atoms with Crippen LogP contribution < -0.4 is 0 Å². The molecule has 0 saturated heterocycles. The number of carbonyl (C=O) groups is 1. The second kappa shape index (κ2) is 3.82. The van der Waals surface area contributed by atoms with E-state index >= 15 is 0 Å². The molecular weight excluding hydrogens is 176 g/mol. The Morgan fingerprint density at radius 2 is 2.29 bits per heavy atom. The van der Waals surface area contributed by atoms with E-state index < -0.39 is 0 Å². The molecule has 0 aliphatic heterocycles. The van der Waals surface area contributed by atoms with E-state index in [-0.39, 0.29) is 5.78 Å². The van der Waals surface area contributed by atoms with Crippen LogP contribution in [0.4, 0.5) is 0 Å². The minimum Gasteiger partial charge on any atom is -0.469 e. The van der Waals surface area contributed by atoms with Gasteiger partial charge in [-0.25, -0.2) is 0 Å². The molecule has 0 N–H and O–H groups in total. The highest BCUT2D eigenvalue weighted by atomic mass is 16.3. The third-order valence-corrected chi connectivity index (χ3v) is 2.69. The van der Waals surface area contributed by atoms with Gasteiger partial charge < -0.3 is 4.42 Å². The van der Waals surface area contributed by atoms with Crippen molar-refractivity contribution in [3.05, 3.63) is 35.3 Å². The van der Waals surface area contributed by atoms with E-state index in [0.717, 1.165) is 36.2 Å². The smallest absolute Gasteiger partial charge is 0.192 e. The number of carbonyl (C=O) groups excluding carboxylic acids is 1. The van der Waals surface area contributed by atoms with Crippen LogP contribution in [0.1, 0.15) is 41.8 Å². The maximum atomic E-state index is 12.0. The van der Waals surface area contributed by atoms with Crippen LogP contribution in [0.15, 0.2) is 28.4 Å². The van der Waals surface area contributed by atoms with Crippen molar-refractivity contribution >= 4 is 5.78 Å². The van der Waals surface area contributed by atoms with Gasteiger partial charge >= 0.3 is 0 Å². The van der Waals surface area contributed by atoms with Crippen molar-refractivity contribution in [3.8, 4) is 0 Å². The molecule has 1 aromatic rings. The van der Waals surface area contributed by atoms with E-state index in [9.17, 15) is 4.79 Å². The van der Waals surface area contributed by atoms with Crippen LogP contribution in [0, 0.1) is 6.92 Å². The lowest BCUT2D eigenvalue weighted by molar-refractivity contribution is 0.102. The van der Waals surface area contributed by atoms with Gasteiger partial charge in [0.25, 0.3) is 0 Å². The summed E-state index contributed by atoms with van der Waals surface area (Å²) in [6, 6.07) is 1.76. The van der Waals surface area contributed by atoms with Crippen LogP contribution in [-0.4, -0.2) is 5.78 Å². The summed E-state index contributed by atoms with van der Waals surface area (Å²) in [6.07, 6.45) is 7.95. The summed E-state index contributed by atoms with van der Waals surface area (Å²) in [7, 11) is 0. The molecule has 0 unspecified atom stereocenters. The van der Waals surface area contributed by atoms with Crippen molar-refractivity contribution in [1.82, 2.24) is 0 Å². The van der Waals surface area contributed by atoms with Crippen molar-refractivity contribution in [2.45, 2.75) is 32.6 Å². The number of allylic oxidation sites excluding steroid dienone is 2. The normalized spacial score (nSPS) is 16.5. The quantitative estimate of drug-likeness (QED) is 0.670. The summed E-state index contributed by atoms with van der Waals surface area (Å²) in [5.74, 6) is 0.873. The molecule has 74 valence electrons. The molecule has 2 nitrogen and oxygen atoms in total. The van der Waals surface area contributed by atoms with Gasteiger partial charge in [0, 0.05) is 0 Å².